The molecule has 2 aliphatic rings. The average molecular weight is 358 g/mol. The van der Waals surface area contributed by atoms with E-state index in [1.165, 1.54) is 21.9 Å². The van der Waals surface area contributed by atoms with Crippen molar-refractivity contribution in [1.82, 2.24) is 10.2 Å². The molecule has 0 atom stereocenters. The third kappa shape index (κ3) is 4.10. The van der Waals surface area contributed by atoms with Crippen molar-refractivity contribution in [2.45, 2.75) is 38.3 Å². The Hall–Kier alpha value is -1.72. The fraction of sp³-hybridized carbons (Fsp3) is 0.450. The second-order valence-corrected chi connectivity index (χ2v) is 8.20. The number of benzene rings is 1. The summed E-state index contributed by atoms with van der Waals surface area (Å²) in [6.45, 7) is 2.63. The van der Waals surface area contributed by atoms with E-state index in [-0.39, 0.29) is 5.82 Å². The Kier molecular flexibility index (Phi) is 4.86. The van der Waals surface area contributed by atoms with Crippen LogP contribution in [0.15, 0.2) is 36.4 Å². The van der Waals surface area contributed by atoms with E-state index in [1.807, 2.05) is 17.0 Å². The van der Waals surface area contributed by atoms with E-state index in [0.717, 1.165) is 50.9 Å². The molecule has 1 aliphatic carbocycles. The number of rotatable bonds is 5. The lowest BCUT2D eigenvalue weighted by molar-refractivity contribution is -0.133. The van der Waals surface area contributed by atoms with E-state index in [9.17, 15) is 9.18 Å². The van der Waals surface area contributed by atoms with Crippen LogP contribution >= 0.6 is 11.3 Å². The largest absolute Gasteiger partial charge is 0.342 e. The monoisotopic (exact) mass is 358 g/mol. The molecule has 0 unspecified atom stereocenters. The van der Waals surface area contributed by atoms with E-state index >= 15 is 0 Å². The van der Waals surface area contributed by atoms with Crippen LogP contribution in [0.3, 0.4) is 0 Å². The maximum absolute atomic E-state index is 13.0. The number of halogens is 1. The lowest BCUT2D eigenvalue weighted by Crippen LogP contribution is -2.45. The summed E-state index contributed by atoms with van der Waals surface area (Å²) in [4.78, 5) is 16.6. The van der Waals surface area contributed by atoms with Crippen LogP contribution in [0, 0.1) is 11.7 Å². The standard InChI is InChI=1S/C20H23FN2OS/c21-16-5-3-14(4-6-16)19-8-7-18(25-19)13-22-17-9-11-23(12-10-17)20(24)15-1-2-15/h3-8,15,17,22H,1-2,9-13H2. The first-order valence-electron chi connectivity index (χ1n) is 9.06. The molecular weight excluding hydrogens is 335 g/mol. The number of hydrogen-bond acceptors (Lipinski definition) is 3. The Morgan fingerprint density at radius 3 is 2.48 bits per heavy atom. The van der Waals surface area contributed by atoms with Gasteiger partial charge in [-0.2, -0.15) is 0 Å². The third-order valence-corrected chi connectivity index (χ3v) is 6.22. The summed E-state index contributed by atoms with van der Waals surface area (Å²) in [5, 5.41) is 3.63. The fourth-order valence-electron chi connectivity index (χ4n) is 3.38. The first-order chi connectivity index (χ1) is 12.2. The van der Waals surface area contributed by atoms with Gasteiger partial charge in [0.1, 0.15) is 5.82 Å². The summed E-state index contributed by atoms with van der Waals surface area (Å²) < 4.78 is 13.0. The normalized spacial score (nSPS) is 18.5. The van der Waals surface area contributed by atoms with Crippen LogP contribution in [-0.2, 0) is 11.3 Å². The highest BCUT2D eigenvalue weighted by Gasteiger charge is 2.34. The molecule has 1 amide bonds. The van der Waals surface area contributed by atoms with E-state index < -0.39 is 0 Å². The number of carbonyl (C=O) groups excluding carboxylic acids is 1. The predicted octanol–water partition coefficient (Wildman–Crippen LogP) is 4.04. The summed E-state index contributed by atoms with van der Waals surface area (Å²) in [6.07, 6.45) is 4.25. The Morgan fingerprint density at radius 2 is 1.80 bits per heavy atom. The minimum atomic E-state index is -0.200. The molecule has 5 heteroatoms. The minimum absolute atomic E-state index is 0.200. The van der Waals surface area contributed by atoms with Crippen LogP contribution in [0.4, 0.5) is 4.39 Å². The van der Waals surface area contributed by atoms with Gasteiger partial charge in [-0.05, 0) is 55.5 Å². The Bertz CT molecular complexity index is 730. The molecule has 0 spiro atoms. The van der Waals surface area contributed by atoms with Crippen molar-refractivity contribution in [2.75, 3.05) is 13.1 Å². The summed E-state index contributed by atoms with van der Waals surface area (Å²) in [6, 6.07) is 11.4. The first-order valence-corrected chi connectivity index (χ1v) is 9.87. The van der Waals surface area contributed by atoms with Gasteiger partial charge in [-0.15, -0.1) is 11.3 Å². The van der Waals surface area contributed by atoms with E-state index in [2.05, 4.69) is 17.4 Å². The smallest absolute Gasteiger partial charge is 0.225 e. The molecule has 25 heavy (non-hydrogen) atoms. The van der Waals surface area contributed by atoms with Crippen molar-refractivity contribution in [3.63, 3.8) is 0 Å². The van der Waals surface area contributed by atoms with E-state index in [0.29, 0.717) is 17.9 Å². The maximum Gasteiger partial charge on any atom is 0.225 e. The van der Waals surface area contributed by atoms with Gasteiger partial charge in [0.25, 0.3) is 0 Å². The SMILES string of the molecule is O=C(C1CC1)N1CCC(NCc2ccc(-c3ccc(F)cc3)s2)CC1. The Labute approximate surface area is 151 Å². The van der Waals surface area contributed by atoms with Crippen molar-refractivity contribution >= 4 is 17.2 Å². The molecule has 132 valence electrons. The van der Waals surface area contributed by atoms with Crippen LogP contribution < -0.4 is 5.32 Å². The van der Waals surface area contributed by atoms with Crippen LogP contribution in [0.25, 0.3) is 10.4 Å². The van der Waals surface area contributed by atoms with Gasteiger partial charge >= 0.3 is 0 Å². The topological polar surface area (TPSA) is 32.3 Å². The zero-order chi connectivity index (χ0) is 17.2. The molecule has 1 aromatic heterocycles. The molecule has 1 aromatic carbocycles. The molecule has 4 rings (SSSR count). The van der Waals surface area contributed by atoms with Crippen molar-refractivity contribution < 1.29 is 9.18 Å². The van der Waals surface area contributed by atoms with Gasteiger partial charge in [0.2, 0.25) is 5.91 Å². The first kappa shape index (κ1) is 16.7. The number of nitrogens with one attached hydrogen (secondary N) is 1. The van der Waals surface area contributed by atoms with Gasteiger partial charge < -0.3 is 10.2 Å². The lowest BCUT2D eigenvalue weighted by atomic mass is 10.0. The molecular formula is C20H23FN2OS. The summed E-state index contributed by atoms with van der Waals surface area (Å²) in [7, 11) is 0. The molecule has 1 saturated carbocycles. The van der Waals surface area contributed by atoms with Gasteiger partial charge in [-0.3, -0.25) is 4.79 Å². The van der Waals surface area contributed by atoms with Gasteiger partial charge in [-0.1, -0.05) is 12.1 Å². The molecule has 0 radical (unpaired) electrons. The summed E-state index contributed by atoms with van der Waals surface area (Å²) >= 11 is 1.75. The zero-order valence-electron chi connectivity index (χ0n) is 14.2. The number of likely N-dealkylation sites (tertiary alicyclic amines) is 1. The number of amides is 1. The molecule has 1 N–H and O–H groups in total. The van der Waals surface area contributed by atoms with Crippen LogP contribution in [0.1, 0.15) is 30.6 Å². The Morgan fingerprint density at radius 1 is 1.08 bits per heavy atom. The molecule has 0 bridgehead atoms. The summed E-state index contributed by atoms with van der Waals surface area (Å²) in [5.74, 6) is 0.509. The minimum Gasteiger partial charge on any atom is -0.342 e. The van der Waals surface area contributed by atoms with Crippen molar-refractivity contribution in [3.05, 3.63) is 47.1 Å². The number of hydrogen-bond donors (Lipinski definition) is 1. The van der Waals surface area contributed by atoms with Crippen LogP contribution in [-0.4, -0.2) is 29.9 Å². The van der Waals surface area contributed by atoms with Gasteiger partial charge in [0.05, 0.1) is 0 Å². The third-order valence-electron chi connectivity index (χ3n) is 5.09. The Balaban J connectivity index is 1.26. The highest BCUT2D eigenvalue weighted by atomic mass is 32.1. The second kappa shape index (κ2) is 7.26. The zero-order valence-corrected chi connectivity index (χ0v) is 15.0. The number of piperidine rings is 1. The van der Waals surface area contributed by atoms with Crippen LogP contribution in [0.5, 0.6) is 0 Å². The molecule has 2 heterocycles. The molecule has 1 saturated heterocycles. The highest BCUT2D eigenvalue weighted by molar-refractivity contribution is 7.15. The predicted molar refractivity (Wildman–Crippen MR) is 98.9 cm³/mol. The van der Waals surface area contributed by atoms with Gasteiger partial charge in [0.15, 0.2) is 0 Å². The highest BCUT2D eigenvalue weighted by Crippen LogP contribution is 2.32. The average Bonchev–Trinajstić information content (AvgIpc) is 3.39. The second-order valence-electron chi connectivity index (χ2n) is 7.03. The number of nitrogens with zero attached hydrogens (tertiary/aromatic N) is 1. The quantitative estimate of drug-likeness (QED) is 0.875. The van der Waals surface area contributed by atoms with Crippen LogP contribution in [0.2, 0.25) is 0 Å². The maximum atomic E-state index is 13.0. The number of thiophene rings is 1. The number of carbonyl (C=O) groups is 1. The van der Waals surface area contributed by atoms with E-state index in [4.69, 9.17) is 0 Å². The van der Waals surface area contributed by atoms with Crippen molar-refractivity contribution in [1.29, 1.82) is 0 Å². The van der Waals surface area contributed by atoms with E-state index in [1.54, 1.807) is 11.3 Å². The van der Waals surface area contributed by atoms with Gasteiger partial charge in [-0.25, -0.2) is 4.39 Å². The summed E-state index contributed by atoms with van der Waals surface area (Å²) in [5.41, 5.74) is 1.06. The van der Waals surface area contributed by atoms with Crippen molar-refractivity contribution in [2.24, 2.45) is 5.92 Å². The molecule has 2 fully saturated rings. The van der Waals surface area contributed by atoms with Gasteiger partial charge in [0, 0.05) is 41.3 Å². The molecule has 2 aromatic rings. The molecule has 1 aliphatic heterocycles. The molecule has 3 nitrogen and oxygen atoms in total. The van der Waals surface area contributed by atoms with Crippen molar-refractivity contribution in [3.8, 4) is 10.4 Å². The fourth-order valence-corrected chi connectivity index (χ4v) is 4.34. The lowest BCUT2D eigenvalue weighted by Gasteiger charge is -2.32.